The van der Waals surface area contributed by atoms with Crippen LogP contribution >= 0.6 is 0 Å². The SMILES string of the molecule is CC(C)(CO)NC(=O)C1(c2ccccc2)CCCC1. The van der Waals surface area contributed by atoms with Gasteiger partial charge in [-0.05, 0) is 32.3 Å². The molecule has 1 amide bonds. The van der Waals surface area contributed by atoms with Gasteiger partial charge in [-0.3, -0.25) is 4.79 Å². The van der Waals surface area contributed by atoms with Crippen molar-refractivity contribution in [3.05, 3.63) is 35.9 Å². The number of benzene rings is 1. The minimum atomic E-state index is -0.568. The van der Waals surface area contributed by atoms with Crippen LogP contribution in [0.4, 0.5) is 0 Å². The Balaban J connectivity index is 2.28. The van der Waals surface area contributed by atoms with Crippen LogP contribution in [0.3, 0.4) is 0 Å². The van der Waals surface area contributed by atoms with Crippen molar-refractivity contribution in [3.63, 3.8) is 0 Å². The van der Waals surface area contributed by atoms with Crippen molar-refractivity contribution in [3.8, 4) is 0 Å². The molecule has 1 aliphatic carbocycles. The van der Waals surface area contributed by atoms with Crippen molar-refractivity contribution >= 4 is 5.91 Å². The Hall–Kier alpha value is -1.35. The van der Waals surface area contributed by atoms with E-state index in [1.165, 1.54) is 0 Å². The van der Waals surface area contributed by atoms with Gasteiger partial charge in [-0.1, -0.05) is 43.2 Å². The molecule has 3 nitrogen and oxygen atoms in total. The van der Waals surface area contributed by atoms with Crippen LogP contribution in [-0.4, -0.2) is 23.2 Å². The summed E-state index contributed by atoms with van der Waals surface area (Å²) in [4.78, 5) is 12.7. The number of hydrogen-bond donors (Lipinski definition) is 2. The smallest absolute Gasteiger partial charge is 0.231 e. The van der Waals surface area contributed by atoms with E-state index in [2.05, 4.69) is 5.32 Å². The summed E-state index contributed by atoms with van der Waals surface area (Å²) in [5.74, 6) is 0.0512. The van der Waals surface area contributed by atoms with Crippen LogP contribution in [-0.2, 0) is 10.2 Å². The first-order valence-electron chi connectivity index (χ1n) is 6.99. The third-order valence-corrected chi connectivity index (χ3v) is 4.07. The summed E-state index contributed by atoms with van der Waals surface area (Å²) in [7, 11) is 0. The summed E-state index contributed by atoms with van der Waals surface area (Å²) >= 11 is 0. The minimum Gasteiger partial charge on any atom is -0.394 e. The van der Waals surface area contributed by atoms with Gasteiger partial charge in [0, 0.05) is 0 Å². The molecule has 1 aromatic carbocycles. The lowest BCUT2D eigenvalue weighted by molar-refractivity contribution is -0.128. The molecular formula is C16H23NO2. The molecule has 1 aliphatic rings. The lowest BCUT2D eigenvalue weighted by atomic mass is 9.77. The Bertz CT molecular complexity index is 433. The molecule has 104 valence electrons. The maximum atomic E-state index is 12.7. The predicted octanol–water partition coefficient (Wildman–Crippen LogP) is 2.39. The van der Waals surface area contributed by atoms with E-state index in [4.69, 9.17) is 0 Å². The summed E-state index contributed by atoms with van der Waals surface area (Å²) in [5.41, 5.74) is 0.119. The highest BCUT2D eigenvalue weighted by atomic mass is 16.3. The van der Waals surface area contributed by atoms with E-state index in [-0.39, 0.29) is 12.5 Å². The van der Waals surface area contributed by atoms with Crippen molar-refractivity contribution in [2.75, 3.05) is 6.61 Å². The van der Waals surface area contributed by atoms with Crippen molar-refractivity contribution in [1.29, 1.82) is 0 Å². The minimum absolute atomic E-state index is 0.0512. The zero-order valence-electron chi connectivity index (χ0n) is 11.8. The van der Waals surface area contributed by atoms with Crippen LogP contribution < -0.4 is 5.32 Å². The van der Waals surface area contributed by atoms with Crippen molar-refractivity contribution < 1.29 is 9.90 Å². The second-order valence-corrected chi connectivity index (χ2v) is 6.15. The van der Waals surface area contributed by atoms with Crippen molar-refractivity contribution in [1.82, 2.24) is 5.32 Å². The number of hydrogen-bond acceptors (Lipinski definition) is 2. The molecule has 0 heterocycles. The van der Waals surface area contributed by atoms with Gasteiger partial charge in [-0.2, -0.15) is 0 Å². The first-order valence-corrected chi connectivity index (χ1v) is 6.99. The quantitative estimate of drug-likeness (QED) is 0.874. The fraction of sp³-hybridized carbons (Fsp3) is 0.562. The highest BCUT2D eigenvalue weighted by molar-refractivity contribution is 5.89. The molecule has 2 N–H and O–H groups in total. The standard InChI is InChI=1S/C16H23NO2/c1-15(2,12-18)17-14(19)16(10-6-7-11-16)13-8-4-3-5-9-13/h3-5,8-9,18H,6-7,10-12H2,1-2H3,(H,17,19). The average Bonchev–Trinajstić information content (AvgIpc) is 2.90. The number of aliphatic hydroxyl groups excluding tert-OH is 1. The van der Waals surface area contributed by atoms with Crippen LogP contribution in [0.5, 0.6) is 0 Å². The number of amides is 1. The number of nitrogens with one attached hydrogen (secondary N) is 1. The summed E-state index contributed by atoms with van der Waals surface area (Å²) in [6.45, 7) is 3.64. The van der Waals surface area contributed by atoms with Gasteiger partial charge in [-0.15, -0.1) is 0 Å². The molecule has 0 bridgehead atoms. The zero-order valence-corrected chi connectivity index (χ0v) is 11.8. The molecule has 0 aliphatic heterocycles. The van der Waals surface area contributed by atoms with Gasteiger partial charge in [0.1, 0.15) is 0 Å². The van der Waals surface area contributed by atoms with E-state index in [1.807, 2.05) is 44.2 Å². The number of rotatable bonds is 4. The highest BCUT2D eigenvalue weighted by Crippen LogP contribution is 2.41. The normalized spacial score (nSPS) is 18.3. The summed E-state index contributed by atoms with van der Waals surface area (Å²) in [6.07, 6.45) is 3.96. The van der Waals surface area contributed by atoms with E-state index >= 15 is 0 Å². The Kier molecular flexibility index (Phi) is 3.95. The molecule has 1 saturated carbocycles. The van der Waals surface area contributed by atoms with Gasteiger partial charge in [0.25, 0.3) is 0 Å². The monoisotopic (exact) mass is 261 g/mol. The molecule has 0 unspecified atom stereocenters. The third kappa shape index (κ3) is 2.81. The molecule has 19 heavy (non-hydrogen) atoms. The fourth-order valence-electron chi connectivity index (χ4n) is 2.85. The number of aliphatic hydroxyl groups is 1. The van der Waals surface area contributed by atoms with E-state index in [0.717, 1.165) is 31.2 Å². The van der Waals surface area contributed by atoms with Gasteiger partial charge in [0.2, 0.25) is 5.91 Å². The molecule has 2 rings (SSSR count). The number of carbonyl (C=O) groups is 1. The second-order valence-electron chi connectivity index (χ2n) is 6.15. The largest absolute Gasteiger partial charge is 0.394 e. The molecule has 0 spiro atoms. The van der Waals surface area contributed by atoms with Crippen LogP contribution in [0.15, 0.2) is 30.3 Å². The van der Waals surface area contributed by atoms with Gasteiger partial charge in [0.15, 0.2) is 0 Å². The van der Waals surface area contributed by atoms with Crippen LogP contribution in [0, 0.1) is 0 Å². The maximum Gasteiger partial charge on any atom is 0.231 e. The van der Waals surface area contributed by atoms with Gasteiger partial charge in [0.05, 0.1) is 17.6 Å². The topological polar surface area (TPSA) is 49.3 Å². The van der Waals surface area contributed by atoms with Crippen molar-refractivity contribution in [2.24, 2.45) is 0 Å². The van der Waals surface area contributed by atoms with Crippen LogP contribution in [0.25, 0.3) is 0 Å². The first kappa shape index (κ1) is 14.1. The summed E-state index contributed by atoms with van der Waals surface area (Å²) in [5, 5.41) is 12.3. The Morgan fingerprint density at radius 3 is 2.37 bits per heavy atom. The van der Waals surface area contributed by atoms with Gasteiger partial charge in [-0.25, -0.2) is 0 Å². The Morgan fingerprint density at radius 1 is 1.26 bits per heavy atom. The number of carbonyl (C=O) groups excluding carboxylic acids is 1. The summed E-state index contributed by atoms with van der Waals surface area (Å²) < 4.78 is 0. The molecule has 0 atom stereocenters. The van der Waals surface area contributed by atoms with Gasteiger partial charge >= 0.3 is 0 Å². The predicted molar refractivity (Wildman–Crippen MR) is 75.9 cm³/mol. The van der Waals surface area contributed by atoms with E-state index in [0.29, 0.717) is 0 Å². The van der Waals surface area contributed by atoms with Crippen LogP contribution in [0.2, 0.25) is 0 Å². The second kappa shape index (κ2) is 5.33. The molecular weight excluding hydrogens is 238 g/mol. The average molecular weight is 261 g/mol. The molecule has 0 radical (unpaired) electrons. The molecule has 3 heteroatoms. The lowest BCUT2D eigenvalue weighted by Crippen LogP contribution is -2.53. The van der Waals surface area contributed by atoms with Gasteiger partial charge < -0.3 is 10.4 Å². The first-order chi connectivity index (χ1) is 9.00. The maximum absolute atomic E-state index is 12.7. The summed E-state index contributed by atoms with van der Waals surface area (Å²) in [6, 6.07) is 10.0. The molecule has 0 saturated heterocycles. The van der Waals surface area contributed by atoms with E-state index in [9.17, 15) is 9.90 Å². The Morgan fingerprint density at radius 2 is 1.84 bits per heavy atom. The van der Waals surface area contributed by atoms with Crippen LogP contribution in [0.1, 0.15) is 45.1 Å². The molecule has 0 aromatic heterocycles. The van der Waals surface area contributed by atoms with E-state index < -0.39 is 11.0 Å². The molecule has 1 aromatic rings. The molecule has 1 fully saturated rings. The zero-order chi connectivity index (χ0) is 13.9. The Labute approximate surface area is 115 Å². The van der Waals surface area contributed by atoms with Crippen molar-refractivity contribution in [2.45, 2.75) is 50.5 Å². The third-order valence-electron chi connectivity index (χ3n) is 4.07. The highest BCUT2D eigenvalue weighted by Gasteiger charge is 2.43. The van der Waals surface area contributed by atoms with E-state index in [1.54, 1.807) is 0 Å². The lowest BCUT2D eigenvalue weighted by Gasteiger charge is -2.33. The fourth-order valence-corrected chi connectivity index (χ4v) is 2.85.